The highest BCUT2D eigenvalue weighted by Gasteiger charge is 1.88. The molecule has 0 unspecified atom stereocenters. The summed E-state index contributed by atoms with van der Waals surface area (Å²) in [5, 5.41) is 1.39. The van der Waals surface area contributed by atoms with E-state index in [1.165, 1.54) is 5.01 Å². The lowest BCUT2D eigenvalue weighted by molar-refractivity contribution is 0.480. The van der Waals surface area contributed by atoms with E-state index in [0.717, 1.165) is 5.57 Å². The summed E-state index contributed by atoms with van der Waals surface area (Å²) in [6.45, 7) is 5.46. The number of allylic oxidation sites excluding steroid dienone is 1. The predicted octanol–water partition coefficient (Wildman–Crippen LogP) is 0.168. The number of rotatable bonds is 2. The van der Waals surface area contributed by atoms with Crippen LogP contribution in [0.4, 0.5) is 0 Å². The summed E-state index contributed by atoms with van der Waals surface area (Å²) >= 11 is 0. The third-order valence-electron chi connectivity index (χ3n) is 0.836. The first-order valence-electron chi connectivity index (χ1n) is 2.64. The number of nitrogens with two attached hydrogens (primary N) is 2. The number of hydrazine groups is 1. The molecule has 4 N–H and O–H groups in total. The molecule has 0 amide bonds. The minimum Gasteiger partial charge on any atom is -0.397 e. The molecular formula is C6H13N3. The Bertz CT molecular complexity index is 135. The molecule has 3 heteroatoms. The Morgan fingerprint density at radius 2 is 2.11 bits per heavy atom. The van der Waals surface area contributed by atoms with Crippen molar-refractivity contribution in [1.29, 1.82) is 0 Å². The quantitative estimate of drug-likeness (QED) is 0.316. The van der Waals surface area contributed by atoms with Crippen LogP contribution in [0.1, 0.15) is 6.92 Å². The SMILES string of the molecule is C=C(C)/C(N)=C/N(C)N. The van der Waals surface area contributed by atoms with Crippen LogP contribution >= 0.6 is 0 Å². The molecular weight excluding hydrogens is 114 g/mol. The highest BCUT2D eigenvalue weighted by molar-refractivity contribution is 5.21. The number of hydrogen-bond acceptors (Lipinski definition) is 3. The first kappa shape index (κ1) is 8.04. The van der Waals surface area contributed by atoms with Gasteiger partial charge in [0.15, 0.2) is 0 Å². The number of hydrogen-bond donors (Lipinski definition) is 2. The van der Waals surface area contributed by atoms with Gasteiger partial charge < -0.3 is 10.7 Å². The molecule has 52 valence electrons. The van der Waals surface area contributed by atoms with Gasteiger partial charge in [-0.15, -0.1) is 0 Å². The summed E-state index contributed by atoms with van der Waals surface area (Å²) in [6.07, 6.45) is 1.61. The molecule has 0 aromatic carbocycles. The highest BCUT2D eigenvalue weighted by atomic mass is 15.4. The van der Waals surface area contributed by atoms with E-state index in [0.29, 0.717) is 5.70 Å². The summed E-state index contributed by atoms with van der Waals surface area (Å²) in [7, 11) is 1.70. The van der Waals surface area contributed by atoms with Crippen LogP contribution in [0, 0.1) is 0 Å². The van der Waals surface area contributed by atoms with Crippen molar-refractivity contribution < 1.29 is 0 Å². The van der Waals surface area contributed by atoms with Crippen LogP contribution in [0.5, 0.6) is 0 Å². The Kier molecular flexibility index (Phi) is 2.81. The van der Waals surface area contributed by atoms with E-state index < -0.39 is 0 Å². The molecule has 0 aliphatic carbocycles. The topological polar surface area (TPSA) is 55.3 Å². The molecule has 0 saturated heterocycles. The van der Waals surface area contributed by atoms with Gasteiger partial charge >= 0.3 is 0 Å². The molecule has 0 heterocycles. The largest absolute Gasteiger partial charge is 0.397 e. The van der Waals surface area contributed by atoms with Gasteiger partial charge in [0.05, 0.1) is 5.70 Å². The molecule has 0 aliphatic heterocycles. The second-order valence-electron chi connectivity index (χ2n) is 2.03. The van der Waals surface area contributed by atoms with Gasteiger partial charge in [-0.25, -0.2) is 5.84 Å². The molecule has 0 fully saturated rings. The van der Waals surface area contributed by atoms with Crippen molar-refractivity contribution in [3.05, 3.63) is 24.0 Å². The molecule has 9 heavy (non-hydrogen) atoms. The van der Waals surface area contributed by atoms with Crippen LogP contribution in [-0.4, -0.2) is 12.1 Å². The molecule has 0 aromatic rings. The first-order chi connectivity index (χ1) is 4.04. The Labute approximate surface area is 55.6 Å². The molecule has 3 nitrogen and oxygen atoms in total. The fourth-order valence-electron chi connectivity index (χ4n) is 0.330. The van der Waals surface area contributed by atoms with Crippen LogP contribution < -0.4 is 11.6 Å². The van der Waals surface area contributed by atoms with E-state index in [2.05, 4.69) is 6.58 Å². The molecule has 0 bridgehead atoms. The standard InChI is InChI=1S/C6H13N3/c1-5(2)6(7)4-9(3)8/h4H,1,7-8H2,2-3H3/b6-4-. The lowest BCUT2D eigenvalue weighted by Gasteiger charge is -2.06. The second-order valence-corrected chi connectivity index (χ2v) is 2.03. The van der Waals surface area contributed by atoms with Crippen molar-refractivity contribution in [2.24, 2.45) is 11.6 Å². The van der Waals surface area contributed by atoms with Crippen molar-refractivity contribution >= 4 is 0 Å². The van der Waals surface area contributed by atoms with E-state index in [4.69, 9.17) is 11.6 Å². The zero-order valence-electron chi connectivity index (χ0n) is 5.89. The van der Waals surface area contributed by atoms with Crippen LogP contribution in [0.2, 0.25) is 0 Å². The third-order valence-corrected chi connectivity index (χ3v) is 0.836. The van der Waals surface area contributed by atoms with Gasteiger partial charge in [0.1, 0.15) is 0 Å². The fraction of sp³-hybridized carbons (Fsp3) is 0.333. The van der Waals surface area contributed by atoms with E-state index in [9.17, 15) is 0 Å². The maximum Gasteiger partial charge on any atom is 0.0514 e. The van der Waals surface area contributed by atoms with Gasteiger partial charge in [0.2, 0.25) is 0 Å². The third kappa shape index (κ3) is 3.61. The lowest BCUT2D eigenvalue weighted by Crippen LogP contribution is -2.21. The summed E-state index contributed by atoms with van der Waals surface area (Å²) in [5.41, 5.74) is 6.89. The lowest BCUT2D eigenvalue weighted by atomic mass is 10.3. The van der Waals surface area contributed by atoms with Gasteiger partial charge in [-0.1, -0.05) is 6.58 Å². The predicted molar refractivity (Wildman–Crippen MR) is 39.0 cm³/mol. The normalized spacial score (nSPS) is 11.2. The summed E-state index contributed by atoms with van der Waals surface area (Å²) < 4.78 is 0. The van der Waals surface area contributed by atoms with Crippen LogP contribution in [0.3, 0.4) is 0 Å². The monoisotopic (exact) mass is 127 g/mol. The molecule has 0 atom stereocenters. The van der Waals surface area contributed by atoms with Crippen molar-refractivity contribution in [3.8, 4) is 0 Å². The Morgan fingerprint density at radius 3 is 2.22 bits per heavy atom. The Balaban J connectivity index is 4.00. The van der Waals surface area contributed by atoms with Crippen molar-refractivity contribution in [2.75, 3.05) is 7.05 Å². The average molecular weight is 127 g/mol. The van der Waals surface area contributed by atoms with Crippen molar-refractivity contribution in [2.45, 2.75) is 6.92 Å². The average Bonchev–Trinajstić information content (AvgIpc) is 1.63. The van der Waals surface area contributed by atoms with Gasteiger partial charge in [-0.3, -0.25) is 0 Å². The van der Waals surface area contributed by atoms with Crippen LogP contribution in [0.15, 0.2) is 24.0 Å². The second kappa shape index (κ2) is 3.14. The van der Waals surface area contributed by atoms with E-state index in [1.807, 2.05) is 6.92 Å². The minimum atomic E-state index is 0.611. The Morgan fingerprint density at radius 1 is 1.67 bits per heavy atom. The molecule has 0 aromatic heterocycles. The van der Waals surface area contributed by atoms with Gasteiger partial charge in [-0.05, 0) is 12.5 Å². The molecule has 0 rings (SSSR count). The maximum atomic E-state index is 5.46. The van der Waals surface area contributed by atoms with Crippen LogP contribution in [-0.2, 0) is 0 Å². The number of nitrogens with zero attached hydrogens (tertiary/aromatic N) is 1. The molecule has 0 saturated carbocycles. The van der Waals surface area contributed by atoms with Gasteiger partial charge in [0.25, 0.3) is 0 Å². The highest BCUT2D eigenvalue weighted by Crippen LogP contribution is 1.96. The van der Waals surface area contributed by atoms with Crippen molar-refractivity contribution in [3.63, 3.8) is 0 Å². The summed E-state index contributed by atoms with van der Waals surface area (Å²) in [5.74, 6) is 5.27. The summed E-state index contributed by atoms with van der Waals surface area (Å²) in [6, 6.07) is 0. The zero-order chi connectivity index (χ0) is 7.44. The minimum absolute atomic E-state index is 0.611. The summed E-state index contributed by atoms with van der Waals surface area (Å²) in [4.78, 5) is 0. The van der Waals surface area contributed by atoms with E-state index >= 15 is 0 Å². The zero-order valence-corrected chi connectivity index (χ0v) is 5.89. The van der Waals surface area contributed by atoms with Crippen LogP contribution in [0.25, 0.3) is 0 Å². The van der Waals surface area contributed by atoms with E-state index in [1.54, 1.807) is 13.2 Å². The Hall–Kier alpha value is -0.960. The fourth-order valence-corrected chi connectivity index (χ4v) is 0.330. The van der Waals surface area contributed by atoms with Gasteiger partial charge in [-0.2, -0.15) is 0 Å². The first-order valence-corrected chi connectivity index (χ1v) is 2.64. The van der Waals surface area contributed by atoms with Gasteiger partial charge in [0, 0.05) is 13.2 Å². The van der Waals surface area contributed by atoms with Crippen molar-refractivity contribution in [1.82, 2.24) is 5.01 Å². The molecule has 0 radical (unpaired) electrons. The molecule has 0 aliphatic rings. The smallest absolute Gasteiger partial charge is 0.0514 e. The molecule has 0 spiro atoms. The maximum absolute atomic E-state index is 5.46. The van der Waals surface area contributed by atoms with E-state index in [-0.39, 0.29) is 0 Å².